The van der Waals surface area contributed by atoms with Crippen molar-refractivity contribution >= 4 is 26.9 Å². The zero-order valence-electron chi connectivity index (χ0n) is 16.6. The van der Waals surface area contributed by atoms with Crippen LogP contribution in [0, 0.1) is 5.82 Å². The normalized spacial score (nSPS) is 22.8. The molecular formula is C20H24FN3O4S. The van der Waals surface area contributed by atoms with Crippen LogP contribution in [-0.4, -0.2) is 59.5 Å². The van der Waals surface area contributed by atoms with Crippen molar-refractivity contribution in [2.45, 2.75) is 56.2 Å². The molecule has 0 saturated carbocycles. The van der Waals surface area contributed by atoms with E-state index in [0.717, 1.165) is 6.20 Å². The van der Waals surface area contributed by atoms with E-state index in [-0.39, 0.29) is 28.9 Å². The standard InChI is InChI=1S/C20H24FN3O4S/c1-20(2,3)28-19(25)23-9-7-16-15(23)8-10-24(16)29(26,27)17-6-4-5-13-11-22-12-14(21)18(13)17/h4-6,11-12,15-16H,7-10H2,1-3H3. The topological polar surface area (TPSA) is 79.8 Å². The number of sulfonamides is 1. The van der Waals surface area contributed by atoms with Gasteiger partial charge >= 0.3 is 6.09 Å². The van der Waals surface area contributed by atoms with Crippen molar-refractivity contribution in [2.75, 3.05) is 13.1 Å². The molecule has 0 aliphatic carbocycles. The van der Waals surface area contributed by atoms with Crippen LogP contribution < -0.4 is 0 Å². The zero-order chi connectivity index (χ0) is 21.0. The molecule has 0 bridgehead atoms. The maximum atomic E-state index is 14.4. The second-order valence-electron chi connectivity index (χ2n) is 8.48. The van der Waals surface area contributed by atoms with Crippen LogP contribution in [0.15, 0.2) is 35.5 Å². The lowest BCUT2D eigenvalue weighted by Crippen LogP contribution is -2.43. The third-order valence-electron chi connectivity index (χ3n) is 5.44. The summed E-state index contributed by atoms with van der Waals surface area (Å²) in [5.74, 6) is -0.667. The number of rotatable bonds is 2. The molecule has 2 aliphatic heterocycles. The molecule has 4 rings (SSSR count). The zero-order valence-corrected chi connectivity index (χ0v) is 17.4. The number of halogens is 1. The van der Waals surface area contributed by atoms with Crippen molar-refractivity contribution in [3.63, 3.8) is 0 Å². The Balaban J connectivity index is 1.65. The number of pyridine rings is 1. The largest absolute Gasteiger partial charge is 0.444 e. The van der Waals surface area contributed by atoms with Crippen LogP contribution in [0.2, 0.25) is 0 Å². The van der Waals surface area contributed by atoms with Crippen molar-refractivity contribution in [2.24, 2.45) is 0 Å². The van der Waals surface area contributed by atoms with Gasteiger partial charge in [0.25, 0.3) is 0 Å². The Morgan fingerprint density at radius 1 is 1.17 bits per heavy atom. The molecule has 0 N–H and O–H groups in total. The summed E-state index contributed by atoms with van der Waals surface area (Å²) >= 11 is 0. The number of aromatic nitrogens is 1. The number of ether oxygens (including phenoxy) is 1. The van der Waals surface area contributed by atoms with Gasteiger partial charge in [-0.25, -0.2) is 17.6 Å². The molecule has 2 fully saturated rings. The fraction of sp³-hybridized carbons (Fsp3) is 0.500. The van der Waals surface area contributed by atoms with Crippen LogP contribution in [0.3, 0.4) is 0 Å². The maximum absolute atomic E-state index is 14.4. The summed E-state index contributed by atoms with van der Waals surface area (Å²) in [6.07, 6.45) is 3.10. The summed E-state index contributed by atoms with van der Waals surface area (Å²) in [6.45, 7) is 6.11. The van der Waals surface area contributed by atoms with Gasteiger partial charge in [0.05, 0.1) is 17.1 Å². The van der Waals surface area contributed by atoms with E-state index in [1.165, 1.54) is 16.6 Å². The highest BCUT2D eigenvalue weighted by atomic mass is 32.2. The Morgan fingerprint density at radius 2 is 1.90 bits per heavy atom. The molecule has 2 aromatic rings. The predicted molar refractivity (Wildman–Crippen MR) is 105 cm³/mol. The summed E-state index contributed by atoms with van der Waals surface area (Å²) in [7, 11) is -3.94. The van der Waals surface area contributed by atoms with Crippen LogP contribution in [0.5, 0.6) is 0 Å². The fourth-order valence-electron chi connectivity index (χ4n) is 4.29. The van der Waals surface area contributed by atoms with Gasteiger partial charge < -0.3 is 9.64 Å². The Kier molecular flexibility index (Phi) is 4.77. The average Bonchev–Trinajstić information content (AvgIpc) is 3.21. The third kappa shape index (κ3) is 3.46. The Morgan fingerprint density at radius 3 is 2.62 bits per heavy atom. The van der Waals surface area contributed by atoms with Crippen LogP contribution in [0.25, 0.3) is 10.8 Å². The molecule has 7 nitrogen and oxygen atoms in total. The maximum Gasteiger partial charge on any atom is 0.410 e. The quantitative estimate of drug-likeness (QED) is 0.744. The highest BCUT2D eigenvalue weighted by Gasteiger charge is 2.50. The predicted octanol–water partition coefficient (Wildman–Crippen LogP) is 3.15. The van der Waals surface area contributed by atoms with Crippen LogP contribution in [-0.2, 0) is 14.8 Å². The number of likely N-dealkylation sites (tertiary alicyclic amines) is 1. The van der Waals surface area contributed by atoms with E-state index in [4.69, 9.17) is 4.74 Å². The number of hydrogen-bond donors (Lipinski definition) is 0. The molecule has 1 aromatic carbocycles. The number of hydrogen-bond acceptors (Lipinski definition) is 5. The number of nitrogens with zero attached hydrogens (tertiary/aromatic N) is 3. The first-order valence-electron chi connectivity index (χ1n) is 9.63. The molecule has 29 heavy (non-hydrogen) atoms. The lowest BCUT2D eigenvalue weighted by Gasteiger charge is -2.28. The van der Waals surface area contributed by atoms with Gasteiger partial charge in [0.1, 0.15) is 5.60 Å². The van der Waals surface area contributed by atoms with Gasteiger partial charge in [-0.3, -0.25) is 4.98 Å². The van der Waals surface area contributed by atoms with Gasteiger partial charge in [-0.05, 0) is 39.7 Å². The molecule has 2 aliphatic rings. The van der Waals surface area contributed by atoms with Gasteiger partial charge in [-0.1, -0.05) is 12.1 Å². The molecule has 0 spiro atoms. The fourth-order valence-corrected chi connectivity index (χ4v) is 6.22. The number of carbonyl (C=O) groups is 1. The molecule has 0 radical (unpaired) electrons. The van der Waals surface area contributed by atoms with E-state index in [1.807, 2.05) is 0 Å². The summed E-state index contributed by atoms with van der Waals surface area (Å²) < 4.78 is 48.2. The van der Waals surface area contributed by atoms with Gasteiger partial charge in [0, 0.05) is 36.1 Å². The Labute approximate surface area is 169 Å². The van der Waals surface area contributed by atoms with Crippen molar-refractivity contribution in [3.05, 3.63) is 36.4 Å². The smallest absolute Gasteiger partial charge is 0.410 e. The van der Waals surface area contributed by atoms with Crippen LogP contribution in [0.1, 0.15) is 33.6 Å². The van der Waals surface area contributed by atoms with E-state index < -0.39 is 27.5 Å². The number of amides is 1. The van der Waals surface area contributed by atoms with Crippen LogP contribution >= 0.6 is 0 Å². The molecule has 1 aromatic heterocycles. The van der Waals surface area contributed by atoms with Gasteiger partial charge in [0.2, 0.25) is 10.0 Å². The second kappa shape index (κ2) is 6.91. The molecule has 2 unspecified atom stereocenters. The molecule has 2 saturated heterocycles. The third-order valence-corrected chi connectivity index (χ3v) is 7.41. The van der Waals surface area contributed by atoms with Crippen molar-refractivity contribution in [3.8, 4) is 0 Å². The van der Waals surface area contributed by atoms with E-state index in [1.54, 1.807) is 37.8 Å². The first-order chi connectivity index (χ1) is 13.6. The lowest BCUT2D eigenvalue weighted by molar-refractivity contribution is 0.0225. The molecule has 1 amide bonds. The lowest BCUT2D eigenvalue weighted by atomic mass is 10.1. The first kappa shape index (κ1) is 20.0. The van der Waals surface area contributed by atoms with E-state index >= 15 is 0 Å². The highest BCUT2D eigenvalue weighted by Crippen LogP contribution is 2.38. The molecule has 9 heteroatoms. The molecule has 2 atom stereocenters. The van der Waals surface area contributed by atoms with E-state index in [2.05, 4.69) is 4.98 Å². The molecule has 156 valence electrons. The number of benzene rings is 1. The summed E-state index contributed by atoms with van der Waals surface area (Å²) in [5.41, 5.74) is -0.617. The van der Waals surface area contributed by atoms with Crippen LogP contribution in [0.4, 0.5) is 9.18 Å². The minimum absolute atomic E-state index is 0.0490. The second-order valence-corrected chi connectivity index (χ2v) is 10.3. The Bertz CT molecular complexity index is 1060. The van der Waals surface area contributed by atoms with E-state index in [0.29, 0.717) is 24.8 Å². The van der Waals surface area contributed by atoms with E-state index in [9.17, 15) is 17.6 Å². The van der Waals surface area contributed by atoms with Crippen molar-refractivity contribution in [1.29, 1.82) is 0 Å². The van der Waals surface area contributed by atoms with Gasteiger partial charge in [-0.15, -0.1) is 0 Å². The monoisotopic (exact) mass is 421 g/mol. The minimum Gasteiger partial charge on any atom is -0.444 e. The summed E-state index contributed by atoms with van der Waals surface area (Å²) in [5, 5.41) is 0.483. The number of carbonyl (C=O) groups excluding carboxylic acids is 1. The van der Waals surface area contributed by atoms with Crippen molar-refractivity contribution in [1.82, 2.24) is 14.2 Å². The molecular weight excluding hydrogens is 397 g/mol. The average molecular weight is 421 g/mol. The molecule has 3 heterocycles. The minimum atomic E-state index is -3.94. The van der Waals surface area contributed by atoms with Crippen molar-refractivity contribution < 1.29 is 22.3 Å². The summed E-state index contributed by atoms with van der Waals surface area (Å²) in [4.78, 5) is 17.9. The summed E-state index contributed by atoms with van der Waals surface area (Å²) in [6, 6.07) is 4.07. The SMILES string of the molecule is CC(C)(C)OC(=O)N1CCC2C1CCN2S(=O)(=O)c1cccc2cncc(F)c12. The first-order valence-corrected chi connectivity index (χ1v) is 11.1. The van der Waals surface area contributed by atoms with Gasteiger partial charge in [-0.2, -0.15) is 4.31 Å². The Hall–Kier alpha value is -2.26. The highest BCUT2D eigenvalue weighted by molar-refractivity contribution is 7.89. The number of fused-ring (bicyclic) bond motifs is 2. The van der Waals surface area contributed by atoms with Gasteiger partial charge in [0.15, 0.2) is 5.82 Å².